The highest BCUT2D eigenvalue weighted by molar-refractivity contribution is 7.99. The van der Waals surface area contributed by atoms with Gasteiger partial charge < -0.3 is 5.32 Å². The summed E-state index contributed by atoms with van der Waals surface area (Å²) < 4.78 is 1.67. The van der Waals surface area contributed by atoms with Crippen LogP contribution < -0.4 is 5.32 Å². The number of nitrogens with zero attached hydrogens (tertiary/aromatic N) is 5. The van der Waals surface area contributed by atoms with Gasteiger partial charge in [-0.2, -0.15) is 9.61 Å². The molecule has 0 unspecified atom stereocenters. The number of rotatable bonds is 5. The SMILES string of the molecule is Cc1ccc(NC(=O)CSc2ccc3nnc(-c4cccnc4)n3n2)c(C)c1. The molecule has 0 atom stereocenters. The Morgan fingerprint density at radius 1 is 1.14 bits per heavy atom. The van der Waals surface area contributed by atoms with E-state index in [1.54, 1.807) is 16.9 Å². The lowest BCUT2D eigenvalue weighted by atomic mass is 10.1. The molecular weight excluding hydrogens is 372 g/mol. The number of aromatic nitrogens is 5. The molecule has 0 fully saturated rings. The molecule has 3 aromatic heterocycles. The van der Waals surface area contributed by atoms with Gasteiger partial charge in [0.25, 0.3) is 0 Å². The molecule has 1 aromatic carbocycles. The second-order valence-electron chi connectivity index (χ2n) is 6.36. The lowest BCUT2D eigenvalue weighted by Gasteiger charge is -2.09. The Kier molecular flexibility index (Phi) is 5.03. The summed E-state index contributed by atoms with van der Waals surface area (Å²) in [6.45, 7) is 4.01. The van der Waals surface area contributed by atoms with Gasteiger partial charge in [0, 0.05) is 23.6 Å². The summed E-state index contributed by atoms with van der Waals surface area (Å²) in [6, 6.07) is 13.4. The standard InChI is InChI=1S/C20H18N6OS/c1-13-5-6-16(14(2)10-13)22-18(27)12-28-19-8-7-17-23-24-20(26(17)25-19)15-4-3-9-21-11-15/h3-11H,12H2,1-2H3,(H,22,27). The van der Waals surface area contributed by atoms with E-state index < -0.39 is 0 Å². The van der Waals surface area contributed by atoms with Gasteiger partial charge in [0.15, 0.2) is 11.5 Å². The van der Waals surface area contributed by atoms with Crippen LogP contribution in [0.3, 0.4) is 0 Å². The molecule has 0 aliphatic rings. The number of carbonyl (C=O) groups excluding carboxylic acids is 1. The molecule has 4 aromatic rings. The highest BCUT2D eigenvalue weighted by Crippen LogP contribution is 2.21. The van der Waals surface area contributed by atoms with Gasteiger partial charge in [-0.05, 0) is 49.7 Å². The van der Waals surface area contributed by atoms with Crippen LogP contribution in [0.25, 0.3) is 17.0 Å². The highest BCUT2D eigenvalue weighted by atomic mass is 32.2. The van der Waals surface area contributed by atoms with Crippen LogP contribution >= 0.6 is 11.8 Å². The number of aryl methyl sites for hydroxylation is 2. The number of anilines is 1. The first kappa shape index (κ1) is 18.1. The summed E-state index contributed by atoms with van der Waals surface area (Å²) in [7, 11) is 0. The fourth-order valence-corrected chi connectivity index (χ4v) is 3.46. The van der Waals surface area contributed by atoms with E-state index >= 15 is 0 Å². The smallest absolute Gasteiger partial charge is 0.234 e. The van der Waals surface area contributed by atoms with E-state index in [-0.39, 0.29) is 11.7 Å². The number of benzene rings is 1. The Balaban J connectivity index is 1.48. The molecule has 140 valence electrons. The molecule has 0 saturated carbocycles. The summed E-state index contributed by atoms with van der Waals surface area (Å²) in [6.07, 6.45) is 3.42. The lowest BCUT2D eigenvalue weighted by molar-refractivity contribution is -0.113. The van der Waals surface area contributed by atoms with E-state index in [0.29, 0.717) is 16.5 Å². The van der Waals surface area contributed by atoms with Crippen LogP contribution in [-0.4, -0.2) is 36.5 Å². The largest absolute Gasteiger partial charge is 0.325 e. The van der Waals surface area contributed by atoms with Gasteiger partial charge in [-0.1, -0.05) is 29.5 Å². The van der Waals surface area contributed by atoms with Crippen molar-refractivity contribution < 1.29 is 4.79 Å². The minimum Gasteiger partial charge on any atom is -0.325 e. The van der Waals surface area contributed by atoms with Crippen molar-refractivity contribution in [2.24, 2.45) is 0 Å². The molecule has 0 aliphatic heterocycles. The van der Waals surface area contributed by atoms with Crippen LogP contribution in [0.4, 0.5) is 5.69 Å². The Bertz CT molecular complexity index is 1140. The minimum absolute atomic E-state index is 0.0740. The number of nitrogens with one attached hydrogen (secondary N) is 1. The van der Waals surface area contributed by atoms with Gasteiger partial charge in [-0.25, -0.2) is 0 Å². The predicted octanol–water partition coefficient (Wildman–Crippen LogP) is 3.53. The van der Waals surface area contributed by atoms with E-state index in [9.17, 15) is 4.79 Å². The van der Waals surface area contributed by atoms with Crippen molar-refractivity contribution in [3.63, 3.8) is 0 Å². The first-order chi connectivity index (χ1) is 13.6. The molecule has 0 bridgehead atoms. The number of carbonyl (C=O) groups is 1. The van der Waals surface area contributed by atoms with Crippen molar-refractivity contribution in [1.82, 2.24) is 24.8 Å². The Morgan fingerprint density at radius 2 is 2.04 bits per heavy atom. The molecule has 0 saturated heterocycles. The van der Waals surface area contributed by atoms with Crippen molar-refractivity contribution in [2.45, 2.75) is 18.9 Å². The predicted molar refractivity (Wildman–Crippen MR) is 109 cm³/mol. The van der Waals surface area contributed by atoms with E-state index in [1.807, 2.05) is 56.3 Å². The maximum atomic E-state index is 12.3. The number of amides is 1. The van der Waals surface area contributed by atoms with Crippen LogP contribution in [-0.2, 0) is 4.79 Å². The fraction of sp³-hybridized carbons (Fsp3) is 0.150. The van der Waals surface area contributed by atoms with E-state index in [1.165, 1.54) is 17.3 Å². The number of hydrogen-bond acceptors (Lipinski definition) is 6. The molecular formula is C20H18N6OS. The summed E-state index contributed by atoms with van der Waals surface area (Å²) in [5.41, 5.74) is 4.52. The molecule has 0 aliphatic carbocycles. The zero-order valence-corrected chi connectivity index (χ0v) is 16.3. The molecule has 4 rings (SSSR count). The van der Waals surface area contributed by atoms with Gasteiger partial charge in [0.1, 0.15) is 5.03 Å². The Morgan fingerprint density at radius 3 is 2.82 bits per heavy atom. The molecule has 7 nitrogen and oxygen atoms in total. The van der Waals surface area contributed by atoms with Gasteiger partial charge in [-0.15, -0.1) is 10.2 Å². The van der Waals surface area contributed by atoms with Gasteiger partial charge >= 0.3 is 0 Å². The van der Waals surface area contributed by atoms with Crippen molar-refractivity contribution in [1.29, 1.82) is 0 Å². The Labute approximate surface area is 166 Å². The normalized spacial score (nSPS) is 10.9. The number of thioether (sulfide) groups is 1. The van der Waals surface area contributed by atoms with Crippen molar-refractivity contribution in [2.75, 3.05) is 11.1 Å². The fourth-order valence-electron chi connectivity index (χ4n) is 2.80. The summed E-state index contributed by atoms with van der Waals surface area (Å²) in [4.78, 5) is 16.4. The van der Waals surface area contributed by atoms with Crippen LogP contribution in [0.1, 0.15) is 11.1 Å². The maximum Gasteiger partial charge on any atom is 0.234 e. The van der Waals surface area contributed by atoms with E-state index in [0.717, 1.165) is 16.8 Å². The quantitative estimate of drug-likeness (QED) is 0.525. The first-order valence-corrected chi connectivity index (χ1v) is 9.71. The van der Waals surface area contributed by atoms with Crippen molar-refractivity contribution >= 4 is 29.0 Å². The van der Waals surface area contributed by atoms with E-state index in [4.69, 9.17) is 0 Å². The van der Waals surface area contributed by atoms with Crippen molar-refractivity contribution in [3.8, 4) is 11.4 Å². The van der Waals surface area contributed by atoms with Gasteiger partial charge in [-0.3, -0.25) is 9.78 Å². The minimum atomic E-state index is -0.0740. The lowest BCUT2D eigenvalue weighted by Crippen LogP contribution is -2.15. The molecule has 28 heavy (non-hydrogen) atoms. The van der Waals surface area contributed by atoms with E-state index in [2.05, 4.69) is 25.6 Å². The average molecular weight is 390 g/mol. The second-order valence-corrected chi connectivity index (χ2v) is 7.36. The van der Waals surface area contributed by atoms with Crippen LogP contribution in [0.15, 0.2) is 59.9 Å². The topological polar surface area (TPSA) is 85.1 Å². The number of pyridine rings is 1. The van der Waals surface area contributed by atoms with Crippen LogP contribution in [0.2, 0.25) is 0 Å². The third-order valence-corrected chi connectivity index (χ3v) is 5.09. The second kappa shape index (κ2) is 7.77. The number of hydrogen-bond donors (Lipinski definition) is 1. The summed E-state index contributed by atoms with van der Waals surface area (Å²) in [5, 5.41) is 16.6. The van der Waals surface area contributed by atoms with Gasteiger partial charge in [0.2, 0.25) is 5.91 Å². The summed E-state index contributed by atoms with van der Waals surface area (Å²) in [5.74, 6) is 0.802. The molecule has 3 heterocycles. The monoisotopic (exact) mass is 390 g/mol. The third kappa shape index (κ3) is 3.86. The highest BCUT2D eigenvalue weighted by Gasteiger charge is 2.11. The molecule has 8 heteroatoms. The first-order valence-electron chi connectivity index (χ1n) is 8.73. The Hall–Kier alpha value is -3.26. The molecule has 1 amide bonds. The van der Waals surface area contributed by atoms with Crippen LogP contribution in [0, 0.1) is 13.8 Å². The summed E-state index contributed by atoms with van der Waals surface area (Å²) >= 11 is 1.36. The van der Waals surface area contributed by atoms with Crippen LogP contribution in [0.5, 0.6) is 0 Å². The third-order valence-electron chi connectivity index (χ3n) is 4.17. The van der Waals surface area contributed by atoms with Gasteiger partial charge in [0.05, 0.1) is 5.75 Å². The maximum absolute atomic E-state index is 12.3. The molecule has 0 spiro atoms. The zero-order chi connectivity index (χ0) is 19.5. The number of fused-ring (bicyclic) bond motifs is 1. The van der Waals surface area contributed by atoms with Crippen molar-refractivity contribution in [3.05, 3.63) is 66.0 Å². The average Bonchev–Trinajstić information content (AvgIpc) is 3.12. The zero-order valence-electron chi connectivity index (χ0n) is 15.5. The molecule has 1 N–H and O–H groups in total. The molecule has 0 radical (unpaired) electrons.